The predicted octanol–water partition coefficient (Wildman–Crippen LogP) is 3.00. The monoisotopic (exact) mass is 479 g/mol. The fourth-order valence-corrected chi connectivity index (χ4v) is 3.36. The Kier molecular flexibility index (Phi) is 11.6. The zero-order chi connectivity index (χ0) is 25.0. The second-order valence-electron chi connectivity index (χ2n) is 7.86. The van der Waals surface area contributed by atoms with Gasteiger partial charge in [0.2, 0.25) is 6.41 Å². The van der Waals surface area contributed by atoms with Gasteiger partial charge in [-0.05, 0) is 39.0 Å². The van der Waals surface area contributed by atoms with Gasteiger partial charge in [0.05, 0.1) is 17.0 Å². The van der Waals surface area contributed by atoms with Crippen LogP contribution in [0.5, 0.6) is 0 Å². The summed E-state index contributed by atoms with van der Waals surface area (Å²) in [6, 6.07) is 5.01. The Morgan fingerprint density at radius 3 is 2.30 bits per heavy atom. The van der Waals surface area contributed by atoms with E-state index < -0.39 is 0 Å². The number of nitrogens with two attached hydrogens (primary N) is 2. The SMILES string of the molecule is CC.COC(C)(C)C.NNc1ccc(NC(=O)c2csc(N3CCN(C=O)CC3)n2)cc1N. The van der Waals surface area contributed by atoms with Gasteiger partial charge in [-0.25, -0.2) is 4.98 Å². The Bertz CT molecular complexity index is 875. The summed E-state index contributed by atoms with van der Waals surface area (Å²) in [5.74, 6) is 5.03. The molecule has 1 saturated heterocycles. The van der Waals surface area contributed by atoms with E-state index in [1.165, 1.54) is 11.3 Å². The fourth-order valence-electron chi connectivity index (χ4n) is 2.50. The van der Waals surface area contributed by atoms with Crippen LogP contribution in [-0.4, -0.2) is 61.1 Å². The van der Waals surface area contributed by atoms with Crippen LogP contribution in [0.2, 0.25) is 0 Å². The summed E-state index contributed by atoms with van der Waals surface area (Å²) in [5.41, 5.74) is 10.3. The van der Waals surface area contributed by atoms with Gasteiger partial charge >= 0.3 is 0 Å². The Morgan fingerprint density at radius 2 is 1.82 bits per heavy atom. The Balaban J connectivity index is 0.000000593. The fraction of sp³-hybridized carbons (Fsp3) is 0.500. The third-order valence-corrected chi connectivity index (χ3v) is 5.44. The lowest BCUT2D eigenvalue weighted by molar-refractivity contribution is -0.118. The molecule has 3 rings (SSSR count). The quantitative estimate of drug-likeness (QED) is 0.222. The second-order valence-corrected chi connectivity index (χ2v) is 8.70. The smallest absolute Gasteiger partial charge is 0.275 e. The number of thiazole rings is 1. The zero-order valence-electron chi connectivity index (χ0n) is 20.3. The minimum atomic E-state index is -0.304. The van der Waals surface area contributed by atoms with Crippen LogP contribution < -0.4 is 27.2 Å². The van der Waals surface area contributed by atoms with Crippen molar-refractivity contribution in [1.29, 1.82) is 0 Å². The maximum Gasteiger partial charge on any atom is 0.275 e. The number of amides is 2. The predicted molar refractivity (Wildman–Crippen MR) is 137 cm³/mol. The molecule has 0 aliphatic carbocycles. The van der Waals surface area contributed by atoms with E-state index in [0.29, 0.717) is 48.9 Å². The molecule has 33 heavy (non-hydrogen) atoms. The Morgan fingerprint density at radius 1 is 1.21 bits per heavy atom. The highest BCUT2D eigenvalue weighted by molar-refractivity contribution is 7.14. The topological polar surface area (TPSA) is 139 Å². The number of hydrogen-bond donors (Lipinski definition) is 4. The first-order chi connectivity index (χ1) is 15.7. The van der Waals surface area contributed by atoms with E-state index in [1.54, 1.807) is 35.6 Å². The van der Waals surface area contributed by atoms with Crippen LogP contribution in [0.4, 0.5) is 22.2 Å². The Hall–Kier alpha value is -2.89. The maximum atomic E-state index is 12.4. The average molecular weight is 480 g/mol. The van der Waals surface area contributed by atoms with E-state index in [9.17, 15) is 9.59 Å². The summed E-state index contributed by atoms with van der Waals surface area (Å²) in [4.78, 5) is 31.3. The highest BCUT2D eigenvalue weighted by atomic mass is 32.1. The number of carbonyl (C=O) groups excluding carboxylic acids is 2. The number of carbonyl (C=O) groups is 2. The summed E-state index contributed by atoms with van der Waals surface area (Å²) in [6.45, 7) is 12.8. The third-order valence-electron chi connectivity index (χ3n) is 4.54. The molecule has 1 fully saturated rings. The summed E-state index contributed by atoms with van der Waals surface area (Å²) in [7, 11) is 1.71. The highest BCUT2D eigenvalue weighted by Crippen LogP contribution is 2.24. The lowest BCUT2D eigenvalue weighted by atomic mass is 10.2. The molecule has 1 aliphatic rings. The van der Waals surface area contributed by atoms with E-state index in [-0.39, 0.29) is 11.5 Å². The van der Waals surface area contributed by atoms with Gasteiger partial charge in [0.1, 0.15) is 5.69 Å². The lowest BCUT2D eigenvalue weighted by Gasteiger charge is -2.32. The van der Waals surface area contributed by atoms with E-state index in [1.807, 2.05) is 34.6 Å². The number of nitrogens with zero attached hydrogens (tertiary/aromatic N) is 3. The van der Waals surface area contributed by atoms with Gasteiger partial charge in [0.25, 0.3) is 5.91 Å². The number of methoxy groups -OCH3 is 1. The van der Waals surface area contributed by atoms with Gasteiger partial charge in [-0.2, -0.15) is 0 Å². The van der Waals surface area contributed by atoms with Crippen molar-refractivity contribution < 1.29 is 14.3 Å². The van der Waals surface area contributed by atoms with Gasteiger partial charge in [0, 0.05) is 44.4 Å². The number of nitrogen functional groups attached to an aromatic ring is 2. The summed E-state index contributed by atoms with van der Waals surface area (Å²) >= 11 is 1.41. The number of ether oxygens (including phenoxy) is 1. The molecule has 1 aliphatic heterocycles. The van der Waals surface area contributed by atoms with E-state index in [0.717, 1.165) is 11.5 Å². The molecule has 1 aromatic heterocycles. The van der Waals surface area contributed by atoms with E-state index >= 15 is 0 Å². The van der Waals surface area contributed by atoms with Crippen LogP contribution >= 0.6 is 11.3 Å². The molecule has 0 unspecified atom stereocenters. The third kappa shape index (κ3) is 9.24. The van der Waals surface area contributed by atoms with Crippen LogP contribution in [0.1, 0.15) is 45.1 Å². The van der Waals surface area contributed by atoms with Crippen LogP contribution in [0.3, 0.4) is 0 Å². The Labute approximate surface area is 200 Å². The van der Waals surface area contributed by atoms with E-state index in [4.69, 9.17) is 16.3 Å². The van der Waals surface area contributed by atoms with Crippen molar-refractivity contribution in [3.05, 3.63) is 29.3 Å². The molecule has 6 N–H and O–H groups in total. The van der Waals surface area contributed by atoms with Crippen molar-refractivity contribution >= 4 is 45.8 Å². The van der Waals surface area contributed by atoms with Crippen molar-refractivity contribution in [2.75, 3.05) is 54.7 Å². The van der Waals surface area contributed by atoms with Gasteiger partial charge < -0.3 is 31.0 Å². The standard InChI is InChI=1S/C15H19N7O2S.C5H12O.C2H6/c16-11-7-10(1-2-12(11)20-17)18-14(24)13-8-25-15(19-13)22-5-3-21(9-23)4-6-22;1-5(2,3)6-4;1-2/h1-2,7-9,20H,3-6,16-17H2,(H,18,24);1-4H3;1-2H3. The molecule has 0 saturated carbocycles. The number of piperazine rings is 1. The average Bonchev–Trinajstić information content (AvgIpc) is 3.31. The summed E-state index contributed by atoms with van der Waals surface area (Å²) in [5, 5.41) is 5.26. The first-order valence-electron chi connectivity index (χ1n) is 10.8. The van der Waals surface area contributed by atoms with Gasteiger partial charge in [-0.15, -0.1) is 11.3 Å². The van der Waals surface area contributed by atoms with Crippen molar-refractivity contribution in [3.8, 4) is 0 Å². The number of rotatable bonds is 5. The van der Waals surface area contributed by atoms with Crippen molar-refractivity contribution in [1.82, 2.24) is 9.88 Å². The molecular formula is C22H37N7O3S. The molecular weight excluding hydrogens is 442 g/mol. The number of benzene rings is 1. The summed E-state index contributed by atoms with van der Waals surface area (Å²) < 4.78 is 4.94. The van der Waals surface area contributed by atoms with Gasteiger partial charge in [-0.1, -0.05) is 13.8 Å². The van der Waals surface area contributed by atoms with Crippen LogP contribution in [-0.2, 0) is 9.53 Å². The first-order valence-corrected chi connectivity index (χ1v) is 11.7. The number of hydrazine groups is 1. The number of aromatic nitrogens is 1. The van der Waals surface area contributed by atoms with Gasteiger partial charge in [0.15, 0.2) is 5.13 Å². The summed E-state index contributed by atoms with van der Waals surface area (Å²) in [6.07, 6.45) is 0.856. The van der Waals surface area contributed by atoms with Crippen LogP contribution in [0.25, 0.3) is 0 Å². The molecule has 0 spiro atoms. The molecule has 2 heterocycles. The van der Waals surface area contributed by atoms with E-state index in [2.05, 4.69) is 20.6 Å². The molecule has 184 valence electrons. The molecule has 0 radical (unpaired) electrons. The first kappa shape index (κ1) is 28.1. The minimum Gasteiger partial charge on any atom is -0.397 e. The minimum absolute atomic E-state index is 0.0417. The molecule has 0 bridgehead atoms. The molecule has 2 amide bonds. The lowest BCUT2D eigenvalue weighted by Crippen LogP contribution is -2.45. The largest absolute Gasteiger partial charge is 0.397 e. The van der Waals surface area contributed by atoms with Gasteiger partial charge in [-0.3, -0.25) is 15.4 Å². The second kappa shape index (κ2) is 13.6. The normalized spacial score (nSPS) is 13.2. The van der Waals surface area contributed by atoms with Crippen molar-refractivity contribution in [2.24, 2.45) is 5.84 Å². The molecule has 1 aromatic carbocycles. The molecule has 10 nitrogen and oxygen atoms in total. The number of nitrogens with one attached hydrogen (secondary N) is 2. The zero-order valence-corrected chi connectivity index (χ0v) is 21.2. The molecule has 11 heteroatoms. The number of hydrogen-bond acceptors (Lipinski definition) is 9. The van der Waals surface area contributed by atoms with Crippen LogP contribution in [0, 0.1) is 0 Å². The molecule has 0 atom stereocenters. The molecule has 2 aromatic rings. The van der Waals surface area contributed by atoms with Crippen molar-refractivity contribution in [3.63, 3.8) is 0 Å². The van der Waals surface area contributed by atoms with Crippen LogP contribution in [0.15, 0.2) is 23.6 Å². The number of anilines is 4. The highest BCUT2D eigenvalue weighted by Gasteiger charge is 2.20. The van der Waals surface area contributed by atoms with Crippen molar-refractivity contribution in [2.45, 2.75) is 40.2 Å². The maximum absolute atomic E-state index is 12.4.